The molecular formula is C16H16F2N2OS. The van der Waals surface area contributed by atoms with E-state index in [-0.39, 0.29) is 11.3 Å². The van der Waals surface area contributed by atoms with E-state index in [9.17, 15) is 13.6 Å². The van der Waals surface area contributed by atoms with Gasteiger partial charge in [0.25, 0.3) is 0 Å². The molecule has 0 saturated heterocycles. The SMILES string of the molecule is Cc1nc(S[C@@H](C)C(=O)c2ccc(F)c(F)c2)nc(C)c1C. The minimum atomic E-state index is -1.03. The Labute approximate surface area is 132 Å². The van der Waals surface area contributed by atoms with E-state index in [0.29, 0.717) is 5.16 Å². The summed E-state index contributed by atoms with van der Waals surface area (Å²) in [5.41, 5.74) is 2.88. The topological polar surface area (TPSA) is 42.9 Å². The van der Waals surface area contributed by atoms with Crippen LogP contribution in [0.3, 0.4) is 0 Å². The van der Waals surface area contributed by atoms with Gasteiger partial charge in [0.2, 0.25) is 0 Å². The van der Waals surface area contributed by atoms with Crippen LogP contribution in [-0.2, 0) is 0 Å². The molecular weight excluding hydrogens is 306 g/mol. The summed E-state index contributed by atoms with van der Waals surface area (Å²) in [5.74, 6) is -2.28. The van der Waals surface area contributed by atoms with E-state index in [1.54, 1.807) is 6.92 Å². The smallest absolute Gasteiger partial charge is 0.188 e. The van der Waals surface area contributed by atoms with Crippen LogP contribution in [0, 0.1) is 32.4 Å². The molecule has 0 N–H and O–H groups in total. The number of rotatable bonds is 4. The Morgan fingerprint density at radius 3 is 2.23 bits per heavy atom. The summed E-state index contributed by atoms with van der Waals surface area (Å²) in [7, 11) is 0. The summed E-state index contributed by atoms with van der Waals surface area (Å²) in [6.45, 7) is 7.41. The van der Waals surface area contributed by atoms with E-state index in [2.05, 4.69) is 9.97 Å². The molecule has 0 spiro atoms. The molecule has 0 aliphatic rings. The van der Waals surface area contributed by atoms with Crippen molar-refractivity contribution < 1.29 is 13.6 Å². The van der Waals surface area contributed by atoms with Crippen LogP contribution in [0.1, 0.15) is 34.2 Å². The van der Waals surface area contributed by atoms with Gasteiger partial charge in [0.15, 0.2) is 22.6 Å². The molecule has 0 amide bonds. The van der Waals surface area contributed by atoms with Gasteiger partial charge < -0.3 is 0 Å². The molecule has 6 heteroatoms. The predicted molar refractivity (Wildman–Crippen MR) is 82.3 cm³/mol. The molecule has 2 rings (SSSR count). The van der Waals surface area contributed by atoms with Gasteiger partial charge in [-0.2, -0.15) is 0 Å². The molecule has 3 nitrogen and oxygen atoms in total. The first kappa shape index (κ1) is 16.5. The Morgan fingerprint density at radius 1 is 1.09 bits per heavy atom. The van der Waals surface area contributed by atoms with Crippen molar-refractivity contribution in [2.24, 2.45) is 0 Å². The van der Waals surface area contributed by atoms with E-state index in [1.165, 1.54) is 17.8 Å². The van der Waals surface area contributed by atoms with E-state index in [4.69, 9.17) is 0 Å². The van der Waals surface area contributed by atoms with E-state index >= 15 is 0 Å². The van der Waals surface area contributed by atoms with Gasteiger partial charge in [-0.25, -0.2) is 18.7 Å². The Kier molecular flexibility index (Phi) is 4.90. The molecule has 22 heavy (non-hydrogen) atoms. The number of thioether (sulfide) groups is 1. The second-order valence-corrected chi connectivity index (χ2v) is 6.36. The van der Waals surface area contributed by atoms with Crippen molar-refractivity contribution in [1.82, 2.24) is 9.97 Å². The highest BCUT2D eigenvalue weighted by Gasteiger charge is 2.20. The Bertz CT molecular complexity index is 711. The van der Waals surface area contributed by atoms with E-state index < -0.39 is 16.9 Å². The van der Waals surface area contributed by atoms with Crippen LogP contribution in [0.15, 0.2) is 23.4 Å². The zero-order chi connectivity index (χ0) is 16.4. The molecule has 2 aromatic rings. The zero-order valence-corrected chi connectivity index (χ0v) is 13.6. The minimum Gasteiger partial charge on any atom is -0.293 e. The van der Waals surface area contributed by atoms with Gasteiger partial charge in [-0.1, -0.05) is 11.8 Å². The third-order valence-electron chi connectivity index (χ3n) is 3.47. The molecule has 1 heterocycles. The van der Waals surface area contributed by atoms with Crippen LogP contribution in [0.4, 0.5) is 8.78 Å². The monoisotopic (exact) mass is 322 g/mol. The molecule has 1 atom stereocenters. The van der Waals surface area contributed by atoms with Crippen molar-refractivity contribution in [3.63, 3.8) is 0 Å². The van der Waals surface area contributed by atoms with Crippen LogP contribution in [0.5, 0.6) is 0 Å². The largest absolute Gasteiger partial charge is 0.293 e. The molecule has 0 unspecified atom stereocenters. The Hall–Kier alpha value is -1.82. The second-order valence-electron chi connectivity index (χ2n) is 5.06. The van der Waals surface area contributed by atoms with Crippen LogP contribution in [0.25, 0.3) is 0 Å². The van der Waals surface area contributed by atoms with Gasteiger partial charge in [0.1, 0.15) is 0 Å². The fraction of sp³-hybridized carbons (Fsp3) is 0.312. The number of aromatic nitrogens is 2. The van der Waals surface area contributed by atoms with Crippen molar-refractivity contribution in [3.05, 3.63) is 52.3 Å². The van der Waals surface area contributed by atoms with Crippen LogP contribution < -0.4 is 0 Å². The standard InChI is InChI=1S/C16H16F2N2OS/c1-8-9(2)19-16(20-10(8)3)22-11(4)15(21)12-5-6-13(17)14(18)7-12/h5-7,11H,1-4H3/t11-/m0/s1. The van der Waals surface area contributed by atoms with Crippen LogP contribution in [0.2, 0.25) is 0 Å². The maximum atomic E-state index is 13.2. The summed E-state index contributed by atoms with van der Waals surface area (Å²) in [5, 5.41) is 0.00963. The molecule has 1 aromatic carbocycles. The lowest BCUT2D eigenvalue weighted by Crippen LogP contribution is -2.15. The normalized spacial score (nSPS) is 12.3. The molecule has 0 aliphatic carbocycles. The maximum absolute atomic E-state index is 13.2. The molecule has 1 aromatic heterocycles. The predicted octanol–water partition coefficient (Wildman–Crippen LogP) is 4.04. The first-order valence-electron chi connectivity index (χ1n) is 6.77. The number of hydrogen-bond donors (Lipinski definition) is 0. The van der Waals surface area contributed by atoms with Crippen molar-refractivity contribution in [2.75, 3.05) is 0 Å². The Balaban J connectivity index is 2.19. The average molecular weight is 322 g/mol. The van der Waals surface area contributed by atoms with Gasteiger partial charge in [-0.3, -0.25) is 4.79 Å². The highest BCUT2D eigenvalue weighted by molar-refractivity contribution is 8.00. The third kappa shape index (κ3) is 3.50. The summed E-state index contributed by atoms with van der Waals surface area (Å²) >= 11 is 1.21. The number of hydrogen-bond acceptors (Lipinski definition) is 4. The summed E-state index contributed by atoms with van der Waals surface area (Å²) in [6, 6.07) is 3.15. The molecule has 0 aliphatic heterocycles. The highest BCUT2D eigenvalue weighted by atomic mass is 32.2. The molecule has 0 bridgehead atoms. The molecule has 0 saturated carbocycles. The van der Waals surface area contributed by atoms with Crippen molar-refractivity contribution in [1.29, 1.82) is 0 Å². The molecule has 0 fully saturated rings. The fourth-order valence-electron chi connectivity index (χ4n) is 1.89. The summed E-state index contributed by atoms with van der Waals surface area (Å²) < 4.78 is 26.1. The quantitative estimate of drug-likeness (QED) is 0.484. The zero-order valence-electron chi connectivity index (χ0n) is 12.8. The first-order valence-corrected chi connectivity index (χ1v) is 7.65. The van der Waals surface area contributed by atoms with Gasteiger partial charge in [-0.15, -0.1) is 0 Å². The van der Waals surface area contributed by atoms with Gasteiger partial charge in [0.05, 0.1) is 5.25 Å². The number of aryl methyl sites for hydroxylation is 2. The lowest BCUT2D eigenvalue weighted by Gasteiger charge is -2.11. The Morgan fingerprint density at radius 2 is 1.68 bits per heavy atom. The van der Waals surface area contributed by atoms with Crippen LogP contribution >= 0.6 is 11.8 Å². The van der Waals surface area contributed by atoms with Gasteiger partial charge in [-0.05, 0) is 51.5 Å². The second kappa shape index (κ2) is 6.52. The number of ketones is 1. The average Bonchev–Trinajstić information content (AvgIpc) is 2.46. The number of benzene rings is 1. The van der Waals surface area contributed by atoms with Crippen molar-refractivity contribution in [2.45, 2.75) is 38.1 Å². The van der Waals surface area contributed by atoms with Gasteiger partial charge >= 0.3 is 0 Å². The summed E-state index contributed by atoms with van der Waals surface area (Å²) in [6.07, 6.45) is 0. The number of halogens is 2. The highest BCUT2D eigenvalue weighted by Crippen LogP contribution is 2.24. The first-order chi connectivity index (χ1) is 10.3. The maximum Gasteiger partial charge on any atom is 0.188 e. The van der Waals surface area contributed by atoms with E-state index in [1.807, 2.05) is 20.8 Å². The summed E-state index contributed by atoms with van der Waals surface area (Å²) in [4.78, 5) is 21.0. The number of carbonyl (C=O) groups is 1. The lowest BCUT2D eigenvalue weighted by atomic mass is 10.1. The number of carbonyl (C=O) groups excluding carboxylic acids is 1. The van der Waals surface area contributed by atoms with Crippen molar-refractivity contribution in [3.8, 4) is 0 Å². The minimum absolute atomic E-state index is 0.138. The third-order valence-corrected chi connectivity index (χ3v) is 4.43. The van der Waals surface area contributed by atoms with Crippen molar-refractivity contribution >= 4 is 17.5 Å². The molecule has 116 valence electrons. The number of nitrogens with zero attached hydrogens (tertiary/aromatic N) is 2. The fourth-order valence-corrected chi connectivity index (χ4v) is 2.83. The van der Waals surface area contributed by atoms with Gasteiger partial charge in [0, 0.05) is 17.0 Å². The number of Topliss-reactive ketones (excluding diaryl/α,β-unsaturated/α-hetero) is 1. The molecule has 0 radical (unpaired) electrons. The van der Waals surface area contributed by atoms with E-state index in [0.717, 1.165) is 29.1 Å². The lowest BCUT2D eigenvalue weighted by molar-refractivity contribution is 0.0993. The van der Waals surface area contributed by atoms with Crippen LogP contribution in [-0.4, -0.2) is 21.0 Å².